The van der Waals surface area contributed by atoms with Crippen LogP contribution in [0, 0.1) is 0 Å². The molecule has 0 spiro atoms. The summed E-state index contributed by atoms with van der Waals surface area (Å²) in [6, 6.07) is 4.27. The number of thiophene rings is 1. The Morgan fingerprint density at radius 1 is 1.14 bits per heavy atom. The standard InChI is InChI=1S/C30H35F3N6O2S/c1-37(2)23-5-7-38(15-23)13-19-9-21(30(31,32)33)11-22(10-19)36-28(40)26-17-42-27-16-39(8-6-25(26)27)14-20-12-34-18-35-29(20)41-24-3-4-24/h9-12,17-18,23-24H,3-8,13-16H2,1-2H3,(H,36,40)/t23-/m1/s1. The number of hydrogen-bond donors (Lipinski definition) is 1. The van der Waals surface area contributed by atoms with Crippen molar-refractivity contribution >= 4 is 22.9 Å². The van der Waals surface area contributed by atoms with Crippen LogP contribution >= 0.6 is 11.3 Å². The van der Waals surface area contributed by atoms with Crippen LogP contribution in [0.3, 0.4) is 0 Å². The lowest BCUT2D eigenvalue weighted by Crippen LogP contribution is -2.31. The second kappa shape index (κ2) is 11.9. The number of carbonyl (C=O) groups excluding carboxylic acids is 1. The molecule has 224 valence electrons. The van der Waals surface area contributed by atoms with Gasteiger partial charge in [-0.1, -0.05) is 0 Å². The number of likely N-dealkylation sites (N-methyl/N-ethyl adjacent to an activating group) is 1. The van der Waals surface area contributed by atoms with E-state index in [0.717, 1.165) is 61.0 Å². The van der Waals surface area contributed by atoms with E-state index in [1.807, 2.05) is 19.5 Å². The van der Waals surface area contributed by atoms with Gasteiger partial charge in [0.1, 0.15) is 12.4 Å². The Balaban J connectivity index is 1.14. The maximum atomic E-state index is 13.8. The molecular weight excluding hydrogens is 565 g/mol. The fourth-order valence-electron chi connectivity index (χ4n) is 5.71. The van der Waals surface area contributed by atoms with Crippen LogP contribution in [0.5, 0.6) is 5.88 Å². The number of halogens is 3. The Hall–Kier alpha value is -3.06. The van der Waals surface area contributed by atoms with Crippen molar-refractivity contribution in [3.05, 3.63) is 68.8 Å². The number of nitrogens with zero attached hydrogens (tertiary/aromatic N) is 5. The Bertz CT molecular complexity index is 1440. The quantitative estimate of drug-likeness (QED) is 0.369. The topological polar surface area (TPSA) is 73.8 Å². The zero-order chi connectivity index (χ0) is 29.4. The molecule has 1 aromatic carbocycles. The molecule has 6 rings (SSSR count). The molecule has 1 saturated heterocycles. The Morgan fingerprint density at radius 3 is 2.71 bits per heavy atom. The molecular formula is C30H35F3N6O2S. The number of rotatable bonds is 9. The third-order valence-corrected chi connectivity index (χ3v) is 9.19. The first-order valence-corrected chi connectivity index (χ1v) is 15.2. The first kappa shape index (κ1) is 29.0. The molecule has 2 fully saturated rings. The Morgan fingerprint density at radius 2 is 1.98 bits per heavy atom. The summed E-state index contributed by atoms with van der Waals surface area (Å²) in [5.41, 5.74) is 2.38. The second-order valence-electron chi connectivity index (χ2n) is 11.7. The van der Waals surface area contributed by atoms with Crippen molar-refractivity contribution in [2.24, 2.45) is 0 Å². The summed E-state index contributed by atoms with van der Waals surface area (Å²) in [5, 5.41) is 4.59. The van der Waals surface area contributed by atoms with Gasteiger partial charge in [0.2, 0.25) is 5.88 Å². The van der Waals surface area contributed by atoms with Crippen LogP contribution < -0.4 is 10.1 Å². The van der Waals surface area contributed by atoms with Gasteiger partial charge in [0.05, 0.1) is 11.1 Å². The van der Waals surface area contributed by atoms with Crippen LogP contribution in [0.25, 0.3) is 0 Å². The zero-order valence-electron chi connectivity index (χ0n) is 23.8. The molecule has 4 heterocycles. The van der Waals surface area contributed by atoms with Crippen LogP contribution in [-0.2, 0) is 32.2 Å². The summed E-state index contributed by atoms with van der Waals surface area (Å²) < 4.78 is 47.3. The SMILES string of the molecule is CN(C)[C@@H]1CCN(Cc2cc(NC(=O)c3csc4c3CCN(Cc3cncnc3OC3CC3)C4)cc(C(F)(F)F)c2)C1. The van der Waals surface area contributed by atoms with Gasteiger partial charge in [0.25, 0.3) is 5.91 Å². The monoisotopic (exact) mass is 600 g/mol. The average Bonchev–Trinajstić information content (AvgIpc) is 3.45. The van der Waals surface area contributed by atoms with Crippen molar-refractivity contribution in [3.8, 4) is 5.88 Å². The highest BCUT2D eigenvalue weighted by Gasteiger charge is 2.33. The number of fused-ring (bicyclic) bond motifs is 1. The largest absolute Gasteiger partial charge is 0.474 e. The highest BCUT2D eigenvalue weighted by Crippen LogP contribution is 2.35. The van der Waals surface area contributed by atoms with E-state index in [1.165, 1.54) is 23.7 Å². The van der Waals surface area contributed by atoms with Crippen LogP contribution in [0.4, 0.5) is 18.9 Å². The third-order valence-electron chi connectivity index (χ3n) is 8.18. The lowest BCUT2D eigenvalue weighted by molar-refractivity contribution is -0.137. The lowest BCUT2D eigenvalue weighted by Gasteiger charge is -2.27. The molecule has 0 bridgehead atoms. The van der Waals surface area contributed by atoms with Gasteiger partial charge in [-0.25, -0.2) is 9.97 Å². The summed E-state index contributed by atoms with van der Waals surface area (Å²) >= 11 is 1.51. The normalized spacial score (nSPS) is 19.7. The highest BCUT2D eigenvalue weighted by molar-refractivity contribution is 7.10. The number of likely N-dealkylation sites (tertiary alicyclic amines) is 1. The third kappa shape index (κ3) is 6.77. The molecule has 0 unspecified atom stereocenters. The molecule has 12 heteroatoms. The summed E-state index contributed by atoms with van der Waals surface area (Å²) in [6.07, 6.45) is 2.77. The van der Waals surface area contributed by atoms with E-state index >= 15 is 0 Å². The summed E-state index contributed by atoms with van der Waals surface area (Å²) in [4.78, 5) is 29.5. The lowest BCUT2D eigenvalue weighted by atomic mass is 10.0. The second-order valence-corrected chi connectivity index (χ2v) is 12.7. The Labute approximate surface area is 247 Å². The molecule has 1 atom stereocenters. The van der Waals surface area contributed by atoms with E-state index in [4.69, 9.17) is 4.74 Å². The van der Waals surface area contributed by atoms with E-state index in [9.17, 15) is 18.0 Å². The predicted octanol–water partition coefficient (Wildman–Crippen LogP) is 5.04. The number of carbonyl (C=O) groups is 1. The minimum absolute atomic E-state index is 0.165. The smallest absolute Gasteiger partial charge is 0.416 e. The highest BCUT2D eigenvalue weighted by atomic mass is 32.1. The summed E-state index contributed by atoms with van der Waals surface area (Å²) in [5.74, 6) is 0.254. The molecule has 1 amide bonds. The number of anilines is 1. The van der Waals surface area contributed by atoms with E-state index in [1.54, 1.807) is 12.3 Å². The van der Waals surface area contributed by atoms with Gasteiger partial charge in [0, 0.05) is 73.0 Å². The van der Waals surface area contributed by atoms with Gasteiger partial charge >= 0.3 is 6.18 Å². The number of nitrogens with one attached hydrogen (secondary N) is 1. The first-order valence-electron chi connectivity index (χ1n) is 14.3. The molecule has 1 aliphatic carbocycles. The van der Waals surface area contributed by atoms with E-state index in [-0.39, 0.29) is 17.7 Å². The van der Waals surface area contributed by atoms with Crippen LogP contribution in [-0.4, -0.2) is 76.5 Å². The number of ether oxygens (including phenoxy) is 1. The van der Waals surface area contributed by atoms with Gasteiger partial charge in [-0.3, -0.25) is 14.6 Å². The van der Waals surface area contributed by atoms with Crippen molar-refractivity contribution in [2.75, 3.05) is 39.0 Å². The molecule has 2 aliphatic heterocycles. The summed E-state index contributed by atoms with van der Waals surface area (Å²) in [7, 11) is 4.04. The predicted molar refractivity (Wildman–Crippen MR) is 155 cm³/mol. The molecule has 3 aromatic rings. The number of alkyl halides is 3. The molecule has 2 aromatic heterocycles. The van der Waals surface area contributed by atoms with Gasteiger partial charge in [-0.2, -0.15) is 13.2 Å². The van der Waals surface area contributed by atoms with Crippen molar-refractivity contribution in [2.45, 2.75) is 63.6 Å². The molecule has 42 heavy (non-hydrogen) atoms. The maximum Gasteiger partial charge on any atom is 0.416 e. The van der Waals surface area contributed by atoms with Crippen molar-refractivity contribution in [1.82, 2.24) is 24.7 Å². The molecule has 3 aliphatic rings. The number of hydrogen-bond acceptors (Lipinski definition) is 8. The molecule has 0 radical (unpaired) electrons. The van der Waals surface area contributed by atoms with Gasteiger partial charge in [0.15, 0.2) is 0 Å². The molecule has 1 N–H and O–H groups in total. The summed E-state index contributed by atoms with van der Waals surface area (Å²) in [6.45, 7) is 4.07. The fraction of sp³-hybridized carbons (Fsp3) is 0.500. The average molecular weight is 601 g/mol. The fourth-order valence-corrected chi connectivity index (χ4v) is 6.83. The maximum absolute atomic E-state index is 13.8. The zero-order valence-corrected chi connectivity index (χ0v) is 24.6. The van der Waals surface area contributed by atoms with Crippen molar-refractivity contribution < 1.29 is 22.7 Å². The number of amides is 1. The van der Waals surface area contributed by atoms with E-state index in [0.29, 0.717) is 49.1 Å². The van der Waals surface area contributed by atoms with Gasteiger partial charge in [-0.05, 0) is 69.1 Å². The van der Waals surface area contributed by atoms with E-state index < -0.39 is 11.7 Å². The number of benzene rings is 1. The van der Waals surface area contributed by atoms with Gasteiger partial charge < -0.3 is 15.0 Å². The van der Waals surface area contributed by atoms with Crippen LogP contribution in [0.2, 0.25) is 0 Å². The molecule has 1 saturated carbocycles. The van der Waals surface area contributed by atoms with Gasteiger partial charge in [-0.15, -0.1) is 11.3 Å². The minimum atomic E-state index is -4.51. The van der Waals surface area contributed by atoms with E-state index in [2.05, 4.69) is 30.0 Å². The Kier molecular flexibility index (Phi) is 8.23. The van der Waals surface area contributed by atoms with Crippen molar-refractivity contribution in [1.29, 1.82) is 0 Å². The molecule has 8 nitrogen and oxygen atoms in total. The van der Waals surface area contributed by atoms with Crippen molar-refractivity contribution in [3.63, 3.8) is 0 Å². The minimum Gasteiger partial charge on any atom is -0.474 e. The van der Waals surface area contributed by atoms with Crippen LogP contribution in [0.15, 0.2) is 36.1 Å². The number of aromatic nitrogens is 2. The van der Waals surface area contributed by atoms with Crippen LogP contribution in [0.1, 0.15) is 56.8 Å². The first-order chi connectivity index (χ1) is 20.1.